The minimum absolute atomic E-state index is 0.106. The molecule has 5 nitrogen and oxygen atoms in total. The molecule has 0 heterocycles. The van der Waals surface area contributed by atoms with Crippen molar-refractivity contribution in [3.63, 3.8) is 0 Å². The number of carbonyl (C=O) groups excluding carboxylic acids is 2. The van der Waals surface area contributed by atoms with Crippen LogP contribution >= 0.6 is 11.8 Å². The van der Waals surface area contributed by atoms with E-state index >= 15 is 0 Å². The molecule has 2 amide bonds. The second kappa shape index (κ2) is 6.30. The number of nitriles is 1. The molecular weight excluding hydrogens is 214 g/mol. The lowest BCUT2D eigenvalue weighted by molar-refractivity contribution is -0.139. The van der Waals surface area contributed by atoms with Crippen molar-refractivity contribution in [1.29, 1.82) is 5.26 Å². The minimum atomic E-state index is -0.770. The zero-order valence-electron chi connectivity index (χ0n) is 9.09. The average molecular weight is 229 g/mol. The van der Waals surface area contributed by atoms with Gasteiger partial charge in [0, 0.05) is 11.3 Å². The second-order valence-electron chi connectivity index (χ2n) is 3.49. The first-order valence-electron chi connectivity index (χ1n) is 4.41. The average Bonchev–Trinajstić information content (AvgIpc) is 2.22. The van der Waals surface area contributed by atoms with E-state index in [0.29, 0.717) is 6.54 Å². The van der Waals surface area contributed by atoms with Crippen molar-refractivity contribution in [3.8, 4) is 6.07 Å². The minimum Gasteiger partial charge on any atom is -0.346 e. The molecule has 15 heavy (non-hydrogen) atoms. The van der Waals surface area contributed by atoms with Crippen molar-refractivity contribution >= 4 is 23.6 Å². The number of amides is 2. The molecule has 0 aromatic carbocycles. The molecule has 0 spiro atoms. The largest absolute Gasteiger partial charge is 0.346 e. The van der Waals surface area contributed by atoms with Gasteiger partial charge in [-0.1, -0.05) is 0 Å². The van der Waals surface area contributed by atoms with Crippen LogP contribution in [0.1, 0.15) is 13.8 Å². The normalized spacial score (nSPS) is 10.3. The van der Waals surface area contributed by atoms with Gasteiger partial charge in [0.05, 0.1) is 6.07 Å². The first-order valence-corrected chi connectivity index (χ1v) is 5.63. The lowest BCUT2D eigenvalue weighted by Gasteiger charge is -2.21. The summed E-state index contributed by atoms with van der Waals surface area (Å²) < 4.78 is -0.106. The van der Waals surface area contributed by atoms with Crippen molar-refractivity contribution in [2.45, 2.75) is 18.6 Å². The second-order valence-corrected chi connectivity index (χ2v) is 5.00. The molecule has 84 valence electrons. The molecule has 0 rings (SSSR count). The molecule has 0 fully saturated rings. The maximum absolute atomic E-state index is 11.2. The van der Waals surface area contributed by atoms with E-state index in [-0.39, 0.29) is 11.3 Å². The van der Waals surface area contributed by atoms with Crippen LogP contribution < -0.4 is 10.6 Å². The summed E-state index contributed by atoms with van der Waals surface area (Å²) in [5.74, 6) is -1.47. The Labute approximate surface area is 93.6 Å². The topological polar surface area (TPSA) is 82.0 Å². The van der Waals surface area contributed by atoms with Crippen molar-refractivity contribution < 1.29 is 9.59 Å². The molecule has 0 atom stereocenters. The highest BCUT2D eigenvalue weighted by molar-refractivity contribution is 7.99. The van der Waals surface area contributed by atoms with Crippen molar-refractivity contribution in [2.75, 3.05) is 19.3 Å². The highest BCUT2D eigenvalue weighted by atomic mass is 32.2. The molecule has 0 saturated carbocycles. The fourth-order valence-electron chi connectivity index (χ4n) is 0.646. The summed E-state index contributed by atoms with van der Waals surface area (Å²) in [7, 11) is 0. The Morgan fingerprint density at radius 1 is 1.33 bits per heavy atom. The van der Waals surface area contributed by atoms with Crippen molar-refractivity contribution in [1.82, 2.24) is 10.6 Å². The van der Waals surface area contributed by atoms with Gasteiger partial charge in [0.15, 0.2) is 0 Å². The fraction of sp³-hybridized carbons (Fsp3) is 0.667. The third-order valence-corrected chi connectivity index (χ3v) is 3.01. The first kappa shape index (κ1) is 13.8. The van der Waals surface area contributed by atoms with Gasteiger partial charge < -0.3 is 10.6 Å². The standard InChI is InChI=1S/C9H15N3O2S/c1-9(2,15-3)6-12-8(14)7(13)11-5-4-10/h5-6H2,1-3H3,(H,11,13)(H,12,14). The van der Waals surface area contributed by atoms with Gasteiger partial charge in [-0.15, -0.1) is 0 Å². The zero-order valence-corrected chi connectivity index (χ0v) is 9.90. The van der Waals surface area contributed by atoms with Gasteiger partial charge in [0.2, 0.25) is 0 Å². The van der Waals surface area contributed by atoms with E-state index in [4.69, 9.17) is 5.26 Å². The van der Waals surface area contributed by atoms with Gasteiger partial charge in [0.1, 0.15) is 6.54 Å². The van der Waals surface area contributed by atoms with Crippen LogP contribution in [0.5, 0.6) is 0 Å². The van der Waals surface area contributed by atoms with E-state index in [9.17, 15) is 9.59 Å². The van der Waals surface area contributed by atoms with E-state index < -0.39 is 11.8 Å². The summed E-state index contributed by atoms with van der Waals surface area (Å²) in [4.78, 5) is 22.2. The van der Waals surface area contributed by atoms with Gasteiger partial charge in [-0.2, -0.15) is 17.0 Å². The summed E-state index contributed by atoms with van der Waals surface area (Å²) in [6, 6.07) is 1.72. The van der Waals surface area contributed by atoms with Gasteiger partial charge in [-0.25, -0.2) is 0 Å². The molecule has 0 radical (unpaired) electrons. The monoisotopic (exact) mass is 229 g/mol. The third-order valence-electron chi connectivity index (χ3n) is 1.76. The maximum Gasteiger partial charge on any atom is 0.310 e. The highest BCUT2D eigenvalue weighted by Gasteiger charge is 2.19. The number of hydrogen-bond donors (Lipinski definition) is 2. The Balaban J connectivity index is 3.95. The predicted octanol–water partition coefficient (Wildman–Crippen LogP) is -0.116. The van der Waals surface area contributed by atoms with Gasteiger partial charge in [-0.05, 0) is 20.1 Å². The Hall–Kier alpha value is -1.22. The zero-order chi connectivity index (χ0) is 11.9. The highest BCUT2D eigenvalue weighted by Crippen LogP contribution is 2.19. The van der Waals surface area contributed by atoms with Gasteiger partial charge in [0.25, 0.3) is 0 Å². The summed E-state index contributed by atoms with van der Waals surface area (Å²) in [5.41, 5.74) is 0. The van der Waals surface area contributed by atoms with E-state index in [1.165, 1.54) is 0 Å². The Kier molecular flexibility index (Phi) is 5.79. The fourth-order valence-corrected chi connectivity index (χ4v) is 0.862. The van der Waals surface area contributed by atoms with Crippen molar-refractivity contribution in [2.24, 2.45) is 0 Å². The number of rotatable bonds is 4. The van der Waals surface area contributed by atoms with Crippen LogP contribution in [-0.2, 0) is 9.59 Å². The molecule has 0 bridgehead atoms. The Bertz CT molecular complexity index is 284. The molecule has 6 heteroatoms. The lowest BCUT2D eigenvalue weighted by Crippen LogP contribution is -2.44. The van der Waals surface area contributed by atoms with Gasteiger partial charge in [-0.3, -0.25) is 9.59 Å². The van der Waals surface area contributed by atoms with Crippen LogP contribution in [-0.4, -0.2) is 35.9 Å². The van der Waals surface area contributed by atoms with Crippen molar-refractivity contribution in [3.05, 3.63) is 0 Å². The van der Waals surface area contributed by atoms with E-state index in [2.05, 4.69) is 10.6 Å². The quantitative estimate of drug-likeness (QED) is 0.520. The molecule has 0 aromatic rings. The molecule has 0 aromatic heterocycles. The summed E-state index contributed by atoms with van der Waals surface area (Å²) in [5, 5.41) is 12.9. The molecule has 0 unspecified atom stereocenters. The maximum atomic E-state index is 11.2. The molecular formula is C9H15N3O2S. The summed E-state index contributed by atoms with van der Waals surface area (Å²) in [6.45, 7) is 4.18. The van der Waals surface area contributed by atoms with Crippen LogP contribution in [0.2, 0.25) is 0 Å². The summed E-state index contributed by atoms with van der Waals surface area (Å²) >= 11 is 1.60. The number of hydrogen-bond acceptors (Lipinski definition) is 4. The number of carbonyl (C=O) groups is 2. The number of thioether (sulfide) groups is 1. The molecule has 0 saturated heterocycles. The van der Waals surface area contributed by atoms with Crippen LogP contribution in [0.15, 0.2) is 0 Å². The molecule has 2 N–H and O–H groups in total. The molecule has 0 aliphatic carbocycles. The SMILES string of the molecule is CSC(C)(C)CNC(=O)C(=O)NCC#N. The first-order chi connectivity index (χ1) is 6.93. The predicted molar refractivity (Wildman–Crippen MR) is 59.2 cm³/mol. The third kappa shape index (κ3) is 5.96. The van der Waals surface area contributed by atoms with Crippen LogP contribution in [0.4, 0.5) is 0 Å². The van der Waals surface area contributed by atoms with Crippen LogP contribution in [0.25, 0.3) is 0 Å². The van der Waals surface area contributed by atoms with Crippen LogP contribution in [0, 0.1) is 11.3 Å². The lowest BCUT2D eigenvalue weighted by atomic mass is 10.2. The molecule has 0 aliphatic heterocycles. The van der Waals surface area contributed by atoms with Crippen LogP contribution in [0.3, 0.4) is 0 Å². The Morgan fingerprint density at radius 2 is 1.87 bits per heavy atom. The molecule has 0 aliphatic rings. The Morgan fingerprint density at radius 3 is 2.33 bits per heavy atom. The van der Waals surface area contributed by atoms with E-state index in [1.54, 1.807) is 17.8 Å². The number of nitrogens with one attached hydrogen (secondary N) is 2. The van der Waals surface area contributed by atoms with E-state index in [0.717, 1.165) is 0 Å². The van der Waals surface area contributed by atoms with Gasteiger partial charge >= 0.3 is 11.8 Å². The van der Waals surface area contributed by atoms with E-state index in [1.807, 2.05) is 20.1 Å². The number of nitrogens with zero attached hydrogens (tertiary/aromatic N) is 1. The summed E-state index contributed by atoms with van der Waals surface area (Å²) in [6.07, 6.45) is 1.93. The smallest absolute Gasteiger partial charge is 0.310 e.